The first-order valence-electron chi connectivity index (χ1n) is 24.3. The van der Waals surface area contributed by atoms with Crippen LogP contribution in [0.3, 0.4) is 0 Å². The van der Waals surface area contributed by atoms with Gasteiger partial charge in [-0.3, -0.25) is 0 Å². The Morgan fingerprint density at radius 2 is 0.491 bits per heavy atom. The van der Waals surface area contributed by atoms with Gasteiger partial charge in [0.15, 0.2) is 0 Å². The van der Waals surface area contributed by atoms with Crippen LogP contribution in [-0.4, -0.2) is 0 Å². The van der Waals surface area contributed by atoms with Crippen molar-refractivity contribution in [1.29, 1.82) is 0 Å². The minimum atomic E-state index is 0.839. The molecule has 0 heterocycles. The Morgan fingerprint density at radius 1 is 0.283 bits per heavy atom. The summed E-state index contributed by atoms with van der Waals surface area (Å²) in [6.07, 6.45) is 41.7. The van der Waals surface area contributed by atoms with Crippen molar-refractivity contribution >= 4 is 0 Å². The Kier molecular flexibility index (Phi) is 19.4. The largest absolute Gasteiger partial charge is 0.0654 e. The van der Waals surface area contributed by atoms with E-state index in [4.69, 9.17) is 0 Å². The number of benzene rings is 2. The van der Waals surface area contributed by atoms with E-state index in [9.17, 15) is 0 Å². The molecule has 0 aromatic heterocycles. The molecular weight excluding hydrogens is 637 g/mol. The van der Waals surface area contributed by atoms with E-state index in [0.717, 1.165) is 47.3 Å². The molecule has 0 nitrogen and oxygen atoms in total. The highest BCUT2D eigenvalue weighted by molar-refractivity contribution is 5.29. The topological polar surface area (TPSA) is 0 Å². The summed E-state index contributed by atoms with van der Waals surface area (Å²) < 4.78 is 0. The van der Waals surface area contributed by atoms with Gasteiger partial charge < -0.3 is 0 Å². The average molecular weight is 723 g/mol. The van der Waals surface area contributed by atoms with E-state index in [-0.39, 0.29) is 0 Å². The molecule has 0 N–H and O–H groups in total. The van der Waals surface area contributed by atoms with Gasteiger partial charge in [0.05, 0.1) is 0 Å². The van der Waals surface area contributed by atoms with Crippen LogP contribution in [0.25, 0.3) is 0 Å². The molecule has 4 saturated carbocycles. The van der Waals surface area contributed by atoms with Gasteiger partial charge in [-0.25, -0.2) is 0 Å². The van der Waals surface area contributed by atoms with Crippen molar-refractivity contribution in [3.8, 4) is 0 Å². The molecule has 0 atom stereocenters. The molecule has 0 unspecified atom stereocenters. The van der Waals surface area contributed by atoms with E-state index in [2.05, 4.69) is 76.2 Å². The highest BCUT2D eigenvalue weighted by atomic mass is 14.3. The quantitative estimate of drug-likeness (QED) is 0.143. The van der Waals surface area contributed by atoms with Gasteiger partial charge in [-0.2, -0.15) is 0 Å². The monoisotopic (exact) mass is 723 g/mol. The average Bonchev–Trinajstić information content (AvgIpc) is 3.23. The normalized spacial score (nSPS) is 29.3. The van der Waals surface area contributed by atoms with Crippen LogP contribution in [0.2, 0.25) is 0 Å². The Bertz CT molecular complexity index is 1130. The van der Waals surface area contributed by atoms with Gasteiger partial charge in [0, 0.05) is 0 Å². The zero-order valence-electron chi connectivity index (χ0n) is 35.7. The summed E-state index contributed by atoms with van der Waals surface area (Å²) in [5, 5.41) is 0. The van der Waals surface area contributed by atoms with Crippen LogP contribution in [0, 0.1) is 23.7 Å². The molecule has 0 radical (unpaired) electrons. The number of hydrogen-bond donors (Lipinski definition) is 0. The van der Waals surface area contributed by atoms with E-state index >= 15 is 0 Å². The smallest absolute Gasteiger partial charge is 0.0162 e. The van der Waals surface area contributed by atoms with Crippen molar-refractivity contribution < 1.29 is 0 Å². The molecule has 0 saturated heterocycles. The minimum absolute atomic E-state index is 0.839. The lowest BCUT2D eigenvalue weighted by Gasteiger charge is -2.30. The second kappa shape index (κ2) is 24.2. The third kappa shape index (κ3) is 14.2. The fourth-order valence-electron chi connectivity index (χ4n) is 11.4. The summed E-state index contributed by atoms with van der Waals surface area (Å²) in [6, 6.07) is 19.9. The van der Waals surface area contributed by atoms with Crippen molar-refractivity contribution in [2.75, 3.05) is 0 Å². The molecule has 2 aromatic carbocycles. The molecule has 0 bridgehead atoms. The van der Waals surface area contributed by atoms with E-state index in [1.54, 1.807) is 22.3 Å². The zero-order valence-corrected chi connectivity index (χ0v) is 35.7. The maximum absolute atomic E-state index is 2.49. The lowest BCUT2D eigenvalue weighted by molar-refractivity contribution is 0.301. The predicted molar refractivity (Wildman–Crippen MR) is 234 cm³/mol. The molecule has 53 heavy (non-hydrogen) atoms. The summed E-state index contributed by atoms with van der Waals surface area (Å²) in [5.74, 6) is 7.44. The van der Waals surface area contributed by atoms with E-state index in [1.165, 1.54) is 186 Å². The van der Waals surface area contributed by atoms with Gasteiger partial charge in [-0.1, -0.05) is 160 Å². The zero-order chi connectivity index (χ0) is 37.1. The lowest BCUT2D eigenvalue weighted by Crippen LogP contribution is -2.14. The van der Waals surface area contributed by atoms with Crippen LogP contribution >= 0.6 is 0 Å². The molecule has 2 aromatic rings. The highest BCUT2D eigenvalue weighted by Gasteiger charge is 2.26. The summed E-state index contributed by atoms with van der Waals surface area (Å²) in [7, 11) is 0. The summed E-state index contributed by atoms with van der Waals surface area (Å²) in [5.41, 5.74) is 6.50. The molecule has 298 valence electrons. The second-order valence-corrected chi connectivity index (χ2v) is 19.1. The van der Waals surface area contributed by atoms with Crippen LogP contribution in [0.5, 0.6) is 0 Å². The number of rotatable bonds is 17. The Balaban J connectivity index is 0.000000204. The standard InChI is InChI=1S/C27H44.C26H42/c1-3-5-7-9-23-12-16-25(17-13-23)27-20-18-26(19-21-27)24-14-10-22(11-15-24)8-6-4-2;1-3-5-7-21-9-13-23(14-10-21)25-17-19-26(20-18-25)24-15-11-22(12-16-24)8-6-4-2/h18-25H,3-17H2,1-2H3;17-24H,3-16H2,1-2H3/t22-,23-,24-,25-;21-,22-,23-,24-. The van der Waals surface area contributed by atoms with Crippen molar-refractivity contribution in [2.24, 2.45) is 23.7 Å². The van der Waals surface area contributed by atoms with E-state index < -0.39 is 0 Å². The molecule has 4 aliphatic rings. The minimum Gasteiger partial charge on any atom is -0.0654 e. The predicted octanol–water partition coefficient (Wildman–Crippen LogP) is 17.6. The summed E-state index contributed by atoms with van der Waals surface area (Å²) in [4.78, 5) is 0. The van der Waals surface area contributed by atoms with Gasteiger partial charge in [0.2, 0.25) is 0 Å². The maximum Gasteiger partial charge on any atom is -0.0162 e. The first-order valence-corrected chi connectivity index (χ1v) is 24.3. The second-order valence-electron chi connectivity index (χ2n) is 19.1. The van der Waals surface area contributed by atoms with E-state index in [1.807, 2.05) is 0 Å². The van der Waals surface area contributed by atoms with Crippen LogP contribution in [0.1, 0.15) is 260 Å². The summed E-state index contributed by atoms with van der Waals surface area (Å²) >= 11 is 0. The summed E-state index contributed by atoms with van der Waals surface area (Å²) in [6.45, 7) is 9.29. The van der Waals surface area contributed by atoms with Crippen molar-refractivity contribution in [3.63, 3.8) is 0 Å². The Labute approximate surface area is 330 Å². The molecule has 4 fully saturated rings. The molecular formula is C53H86. The molecule has 0 heteroatoms. The fraction of sp³-hybridized carbons (Fsp3) is 0.774. The van der Waals surface area contributed by atoms with Gasteiger partial charge in [0.1, 0.15) is 0 Å². The SMILES string of the molecule is CCCCC[C@H]1CC[C@H](c2ccc([C@H]3CC[C@H](CCCC)CC3)cc2)CC1.CCCC[C@H]1CC[C@H](c2ccc([C@H]3CC[C@H](CCCC)CC3)cc2)CC1. The first-order chi connectivity index (χ1) is 26.1. The van der Waals surface area contributed by atoms with Crippen LogP contribution in [0.15, 0.2) is 48.5 Å². The number of hydrogen-bond acceptors (Lipinski definition) is 0. The third-order valence-corrected chi connectivity index (χ3v) is 15.3. The molecule has 0 amide bonds. The van der Waals surface area contributed by atoms with Crippen LogP contribution in [0.4, 0.5) is 0 Å². The third-order valence-electron chi connectivity index (χ3n) is 15.3. The van der Waals surface area contributed by atoms with E-state index in [0.29, 0.717) is 0 Å². The van der Waals surface area contributed by atoms with Gasteiger partial charge in [0.25, 0.3) is 0 Å². The van der Waals surface area contributed by atoms with Crippen molar-refractivity contribution in [2.45, 2.75) is 238 Å². The first kappa shape index (κ1) is 42.6. The molecule has 4 aliphatic carbocycles. The van der Waals surface area contributed by atoms with Crippen LogP contribution in [-0.2, 0) is 0 Å². The highest BCUT2D eigenvalue weighted by Crippen LogP contribution is 2.42. The molecule has 6 rings (SSSR count). The van der Waals surface area contributed by atoms with Gasteiger partial charge >= 0.3 is 0 Å². The van der Waals surface area contributed by atoms with Crippen LogP contribution < -0.4 is 0 Å². The number of unbranched alkanes of at least 4 members (excludes halogenated alkanes) is 5. The molecule has 0 spiro atoms. The lowest BCUT2D eigenvalue weighted by atomic mass is 9.75. The van der Waals surface area contributed by atoms with Gasteiger partial charge in [-0.15, -0.1) is 0 Å². The Hall–Kier alpha value is -1.56. The van der Waals surface area contributed by atoms with Crippen molar-refractivity contribution in [3.05, 3.63) is 70.8 Å². The fourth-order valence-corrected chi connectivity index (χ4v) is 11.4. The Morgan fingerprint density at radius 3 is 0.698 bits per heavy atom. The van der Waals surface area contributed by atoms with Gasteiger partial charge in [-0.05, 0) is 172 Å². The maximum atomic E-state index is 2.49. The van der Waals surface area contributed by atoms with Crippen molar-refractivity contribution in [1.82, 2.24) is 0 Å². The molecule has 0 aliphatic heterocycles.